The fourth-order valence-electron chi connectivity index (χ4n) is 2.41. The number of carbonyl (C=O) groups excluding carboxylic acids is 1. The van der Waals surface area contributed by atoms with Crippen LogP contribution in [0.25, 0.3) is 0 Å². The van der Waals surface area contributed by atoms with Crippen LogP contribution in [0.15, 0.2) is 42.5 Å². The Balaban J connectivity index is 2.11. The molecule has 23 heavy (non-hydrogen) atoms. The number of aryl methyl sites for hydroxylation is 2. The van der Waals surface area contributed by atoms with Gasteiger partial charge in [-0.2, -0.15) is 0 Å². The Morgan fingerprint density at radius 3 is 2.39 bits per heavy atom. The lowest BCUT2D eigenvalue weighted by molar-refractivity contribution is -0.385. The lowest BCUT2D eigenvalue weighted by Crippen LogP contribution is -2.26. The van der Waals surface area contributed by atoms with E-state index in [4.69, 9.17) is 0 Å². The zero-order valence-corrected chi connectivity index (χ0v) is 13.5. The number of carbonyl (C=O) groups is 1. The van der Waals surface area contributed by atoms with Gasteiger partial charge in [-0.15, -0.1) is 0 Å². The average molecular weight is 312 g/mol. The van der Waals surface area contributed by atoms with Gasteiger partial charge in [0.05, 0.1) is 11.0 Å². The highest BCUT2D eigenvalue weighted by Gasteiger charge is 2.15. The van der Waals surface area contributed by atoms with Crippen LogP contribution in [0.2, 0.25) is 0 Å². The van der Waals surface area contributed by atoms with Crippen LogP contribution < -0.4 is 5.32 Å². The molecular weight excluding hydrogens is 292 g/mol. The van der Waals surface area contributed by atoms with Gasteiger partial charge < -0.3 is 5.32 Å². The summed E-state index contributed by atoms with van der Waals surface area (Å²) in [6, 6.07) is 12.4. The number of nitrogens with one attached hydrogen (secondary N) is 1. The average Bonchev–Trinajstić information content (AvgIpc) is 2.54. The van der Waals surface area contributed by atoms with Crippen molar-refractivity contribution in [2.24, 2.45) is 0 Å². The molecule has 1 N–H and O–H groups in total. The van der Waals surface area contributed by atoms with Crippen LogP contribution in [-0.4, -0.2) is 10.8 Å². The third kappa shape index (κ3) is 3.94. The summed E-state index contributed by atoms with van der Waals surface area (Å²) in [7, 11) is 0. The molecule has 1 unspecified atom stereocenters. The normalized spacial score (nSPS) is 11.8. The quantitative estimate of drug-likeness (QED) is 0.671. The molecular formula is C18H20N2O3. The molecule has 5 heteroatoms. The van der Waals surface area contributed by atoms with Gasteiger partial charge in [0, 0.05) is 17.2 Å². The van der Waals surface area contributed by atoms with Crippen molar-refractivity contribution in [3.8, 4) is 0 Å². The van der Waals surface area contributed by atoms with Crippen molar-refractivity contribution in [3.63, 3.8) is 0 Å². The number of amides is 1. The minimum absolute atomic E-state index is 0.0183. The summed E-state index contributed by atoms with van der Waals surface area (Å²) in [5, 5.41) is 13.7. The van der Waals surface area contributed by atoms with E-state index in [0.717, 1.165) is 12.0 Å². The third-order valence-electron chi connectivity index (χ3n) is 3.89. The molecule has 0 aliphatic rings. The maximum absolute atomic E-state index is 12.3. The zero-order chi connectivity index (χ0) is 17.0. The van der Waals surface area contributed by atoms with Crippen LogP contribution in [-0.2, 0) is 6.42 Å². The van der Waals surface area contributed by atoms with Crippen molar-refractivity contribution in [3.05, 3.63) is 74.8 Å². The van der Waals surface area contributed by atoms with E-state index in [2.05, 4.69) is 12.2 Å². The molecule has 0 saturated heterocycles. The Kier molecular flexibility index (Phi) is 5.11. The van der Waals surface area contributed by atoms with Gasteiger partial charge in [0.15, 0.2) is 0 Å². The molecule has 0 bridgehead atoms. The van der Waals surface area contributed by atoms with Crippen LogP contribution in [0.1, 0.15) is 46.9 Å². The smallest absolute Gasteiger partial charge is 0.272 e. The van der Waals surface area contributed by atoms with E-state index in [0.29, 0.717) is 11.1 Å². The van der Waals surface area contributed by atoms with Gasteiger partial charge in [0.1, 0.15) is 0 Å². The molecule has 1 amide bonds. The number of hydrogen-bond donors (Lipinski definition) is 1. The first-order chi connectivity index (χ1) is 10.9. The number of benzene rings is 2. The van der Waals surface area contributed by atoms with E-state index >= 15 is 0 Å². The molecule has 0 radical (unpaired) electrons. The van der Waals surface area contributed by atoms with Crippen molar-refractivity contribution in [1.29, 1.82) is 0 Å². The predicted octanol–water partition coefficient (Wildman–Crippen LogP) is 3.96. The number of nitro groups is 1. The lowest BCUT2D eigenvalue weighted by Gasteiger charge is -2.15. The zero-order valence-electron chi connectivity index (χ0n) is 13.5. The Labute approximate surface area is 135 Å². The summed E-state index contributed by atoms with van der Waals surface area (Å²) in [6.07, 6.45) is 0.975. The monoisotopic (exact) mass is 312 g/mol. The highest BCUT2D eigenvalue weighted by Crippen LogP contribution is 2.20. The Hall–Kier alpha value is -2.69. The minimum Gasteiger partial charge on any atom is -0.346 e. The molecule has 0 aromatic heterocycles. The van der Waals surface area contributed by atoms with Crippen molar-refractivity contribution in [2.75, 3.05) is 0 Å². The fraction of sp³-hybridized carbons (Fsp3) is 0.278. The number of hydrogen-bond acceptors (Lipinski definition) is 3. The van der Waals surface area contributed by atoms with E-state index in [1.54, 1.807) is 13.0 Å². The van der Waals surface area contributed by atoms with Gasteiger partial charge in [0.25, 0.3) is 11.6 Å². The second-order valence-corrected chi connectivity index (χ2v) is 5.55. The van der Waals surface area contributed by atoms with Crippen molar-refractivity contribution in [1.82, 2.24) is 5.32 Å². The first-order valence-electron chi connectivity index (χ1n) is 7.57. The van der Waals surface area contributed by atoms with Gasteiger partial charge in [-0.3, -0.25) is 14.9 Å². The summed E-state index contributed by atoms with van der Waals surface area (Å²) in [4.78, 5) is 22.7. The van der Waals surface area contributed by atoms with Crippen LogP contribution in [0.5, 0.6) is 0 Å². The molecule has 2 aromatic rings. The van der Waals surface area contributed by atoms with E-state index in [1.165, 1.54) is 17.7 Å². The van der Waals surface area contributed by atoms with Gasteiger partial charge in [-0.1, -0.05) is 31.2 Å². The summed E-state index contributed by atoms with van der Waals surface area (Å²) in [6.45, 7) is 5.63. The minimum atomic E-state index is -0.449. The van der Waals surface area contributed by atoms with Crippen LogP contribution in [0, 0.1) is 17.0 Å². The first kappa shape index (κ1) is 16.7. The lowest BCUT2D eigenvalue weighted by atomic mass is 10.0. The van der Waals surface area contributed by atoms with Crippen LogP contribution >= 0.6 is 0 Å². The van der Waals surface area contributed by atoms with Crippen LogP contribution in [0.4, 0.5) is 5.69 Å². The third-order valence-corrected chi connectivity index (χ3v) is 3.89. The molecule has 0 spiro atoms. The fourth-order valence-corrected chi connectivity index (χ4v) is 2.41. The van der Waals surface area contributed by atoms with Gasteiger partial charge in [-0.25, -0.2) is 0 Å². The Morgan fingerprint density at radius 1 is 1.22 bits per heavy atom. The van der Waals surface area contributed by atoms with E-state index in [-0.39, 0.29) is 17.6 Å². The van der Waals surface area contributed by atoms with Crippen molar-refractivity contribution in [2.45, 2.75) is 33.2 Å². The largest absolute Gasteiger partial charge is 0.346 e. The SMILES string of the molecule is CCc1ccc(C(C)NC(=O)c2ccc([N+](=O)[O-])c(C)c2)cc1. The summed E-state index contributed by atoms with van der Waals surface area (Å²) < 4.78 is 0. The number of nitrogens with zero attached hydrogens (tertiary/aromatic N) is 1. The molecule has 0 saturated carbocycles. The maximum Gasteiger partial charge on any atom is 0.272 e. The molecule has 2 rings (SSSR count). The molecule has 0 fully saturated rings. The summed E-state index contributed by atoms with van der Waals surface area (Å²) in [5.41, 5.74) is 3.19. The maximum atomic E-state index is 12.3. The predicted molar refractivity (Wildman–Crippen MR) is 89.5 cm³/mol. The standard InChI is InChI=1S/C18H20N2O3/c1-4-14-5-7-15(8-6-14)13(3)19-18(21)16-9-10-17(20(22)23)12(2)11-16/h5-11,13H,4H2,1-3H3,(H,19,21). The van der Waals surface area contributed by atoms with E-state index < -0.39 is 4.92 Å². The Morgan fingerprint density at radius 2 is 1.87 bits per heavy atom. The molecule has 2 aromatic carbocycles. The van der Waals surface area contributed by atoms with Gasteiger partial charge >= 0.3 is 0 Å². The second-order valence-electron chi connectivity index (χ2n) is 5.55. The summed E-state index contributed by atoms with van der Waals surface area (Å²) in [5.74, 6) is -0.241. The second kappa shape index (κ2) is 7.05. The number of rotatable bonds is 5. The van der Waals surface area contributed by atoms with Gasteiger partial charge in [-0.05, 0) is 43.5 Å². The van der Waals surface area contributed by atoms with E-state index in [1.807, 2.05) is 31.2 Å². The molecule has 5 nitrogen and oxygen atoms in total. The topological polar surface area (TPSA) is 72.2 Å². The van der Waals surface area contributed by atoms with Crippen LogP contribution in [0.3, 0.4) is 0 Å². The highest BCUT2D eigenvalue weighted by molar-refractivity contribution is 5.95. The van der Waals surface area contributed by atoms with Gasteiger partial charge in [0.2, 0.25) is 0 Å². The molecule has 120 valence electrons. The highest BCUT2D eigenvalue weighted by atomic mass is 16.6. The Bertz CT molecular complexity index is 724. The molecule has 0 aliphatic carbocycles. The molecule has 1 atom stereocenters. The summed E-state index contributed by atoms with van der Waals surface area (Å²) >= 11 is 0. The first-order valence-corrected chi connectivity index (χ1v) is 7.57. The van der Waals surface area contributed by atoms with E-state index in [9.17, 15) is 14.9 Å². The molecule has 0 heterocycles. The van der Waals surface area contributed by atoms with Crippen molar-refractivity contribution >= 4 is 11.6 Å². The number of nitro benzene ring substituents is 1. The van der Waals surface area contributed by atoms with Crippen molar-refractivity contribution < 1.29 is 9.72 Å². The molecule has 0 aliphatic heterocycles.